The number of guanidine groups is 1. The van der Waals surface area contributed by atoms with Crippen molar-refractivity contribution in [2.75, 3.05) is 30.7 Å². The second kappa shape index (κ2) is 10.3. The topological polar surface area (TPSA) is 106 Å². The van der Waals surface area contributed by atoms with E-state index in [0.717, 1.165) is 11.8 Å². The first-order valence-corrected chi connectivity index (χ1v) is 8.54. The van der Waals surface area contributed by atoms with Crippen molar-refractivity contribution in [2.45, 2.75) is 6.92 Å². The standard InChI is InChI=1S/C14H22N4O3S.HI/c1-11(2)10-17-14(15)16-7-8-21-13-6-4-5-12(9-13)18-22(3,19)20;/h4-6,9,18H,1,7-8,10H2,2-3H3,(H3,15,16,17);1H. The predicted octanol–water partition coefficient (Wildman–Crippen LogP) is 1.54. The molecular formula is C14H23IN4O3S. The van der Waals surface area contributed by atoms with E-state index in [4.69, 9.17) is 10.5 Å². The molecule has 1 aromatic rings. The number of sulfonamides is 1. The van der Waals surface area contributed by atoms with Crippen LogP contribution >= 0.6 is 24.0 Å². The van der Waals surface area contributed by atoms with Crippen LogP contribution in [0.4, 0.5) is 5.69 Å². The summed E-state index contributed by atoms with van der Waals surface area (Å²) in [5, 5.41) is 2.91. The summed E-state index contributed by atoms with van der Waals surface area (Å²) < 4.78 is 30.2. The molecule has 0 saturated heterocycles. The zero-order valence-electron chi connectivity index (χ0n) is 13.2. The van der Waals surface area contributed by atoms with Gasteiger partial charge in [0, 0.05) is 6.07 Å². The fourth-order valence-electron chi connectivity index (χ4n) is 1.49. The van der Waals surface area contributed by atoms with Gasteiger partial charge in [0.2, 0.25) is 10.0 Å². The molecule has 0 radical (unpaired) electrons. The third-order valence-electron chi connectivity index (χ3n) is 2.33. The number of aliphatic imine (C=N–C) groups is 1. The first-order chi connectivity index (χ1) is 10.3. The molecule has 0 fully saturated rings. The van der Waals surface area contributed by atoms with Crippen molar-refractivity contribution in [2.24, 2.45) is 10.7 Å². The van der Waals surface area contributed by atoms with Crippen molar-refractivity contribution in [3.63, 3.8) is 0 Å². The van der Waals surface area contributed by atoms with E-state index in [0.29, 0.717) is 37.1 Å². The molecule has 0 saturated carbocycles. The van der Waals surface area contributed by atoms with E-state index >= 15 is 0 Å². The van der Waals surface area contributed by atoms with E-state index in [1.54, 1.807) is 24.3 Å². The van der Waals surface area contributed by atoms with Gasteiger partial charge in [-0.3, -0.25) is 4.72 Å². The average Bonchev–Trinajstić information content (AvgIpc) is 2.40. The van der Waals surface area contributed by atoms with Crippen LogP contribution in [0.15, 0.2) is 41.4 Å². The third-order valence-corrected chi connectivity index (χ3v) is 2.94. The lowest BCUT2D eigenvalue weighted by atomic mass is 10.3. The highest BCUT2D eigenvalue weighted by Crippen LogP contribution is 2.17. The van der Waals surface area contributed by atoms with Crippen molar-refractivity contribution in [1.29, 1.82) is 0 Å². The smallest absolute Gasteiger partial charge is 0.229 e. The second-order valence-corrected chi connectivity index (χ2v) is 6.58. The van der Waals surface area contributed by atoms with E-state index < -0.39 is 10.0 Å². The summed E-state index contributed by atoms with van der Waals surface area (Å²) in [7, 11) is -3.30. The van der Waals surface area contributed by atoms with Gasteiger partial charge in [0.15, 0.2) is 5.96 Å². The van der Waals surface area contributed by atoms with Crippen LogP contribution in [0.5, 0.6) is 5.75 Å². The first kappa shape index (κ1) is 21.5. The van der Waals surface area contributed by atoms with Crippen LogP contribution in [0.3, 0.4) is 0 Å². The van der Waals surface area contributed by atoms with Crippen LogP contribution in [0.1, 0.15) is 6.92 Å². The Bertz CT molecular complexity index is 647. The normalized spacial score (nSPS) is 11.3. The van der Waals surface area contributed by atoms with Crippen molar-refractivity contribution in [1.82, 2.24) is 5.32 Å². The monoisotopic (exact) mass is 454 g/mol. The van der Waals surface area contributed by atoms with Crippen molar-refractivity contribution in [3.05, 3.63) is 36.4 Å². The number of halogens is 1. The Hall–Kier alpha value is -1.49. The van der Waals surface area contributed by atoms with Crippen LogP contribution < -0.4 is 20.5 Å². The molecule has 7 nitrogen and oxygen atoms in total. The fraction of sp³-hybridized carbons (Fsp3) is 0.357. The van der Waals surface area contributed by atoms with Crippen molar-refractivity contribution >= 4 is 45.6 Å². The number of ether oxygens (including phenoxy) is 1. The van der Waals surface area contributed by atoms with E-state index in [1.165, 1.54) is 0 Å². The molecule has 0 aliphatic carbocycles. The number of benzene rings is 1. The Balaban J connectivity index is 0.00000484. The number of hydrogen-bond donors (Lipinski definition) is 3. The van der Waals surface area contributed by atoms with Gasteiger partial charge in [-0.25, -0.2) is 13.4 Å². The molecule has 9 heteroatoms. The number of rotatable bonds is 8. The molecule has 0 aromatic heterocycles. The van der Waals surface area contributed by atoms with Gasteiger partial charge in [0.1, 0.15) is 12.4 Å². The molecule has 0 aliphatic rings. The van der Waals surface area contributed by atoms with Gasteiger partial charge in [-0.2, -0.15) is 0 Å². The summed E-state index contributed by atoms with van der Waals surface area (Å²) in [6.07, 6.45) is 1.09. The Morgan fingerprint density at radius 2 is 2.13 bits per heavy atom. The minimum absolute atomic E-state index is 0. The highest BCUT2D eigenvalue weighted by atomic mass is 127. The van der Waals surface area contributed by atoms with E-state index in [9.17, 15) is 8.42 Å². The molecule has 0 bridgehead atoms. The number of hydrogen-bond acceptors (Lipinski definition) is 4. The molecule has 0 atom stereocenters. The molecule has 4 N–H and O–H groups in total. The van der Waals surface area contributed by atoms with Gasteiger partial charge < -0.3 is 15.8 Å². The maximum atomic E-state index is 11.2. The van der Waals surface area contributed by atoms with Gasteiger partial charge in [-0.1, -0.05) is 18.2 Å². The van der Waals surface area contributed by atoms with Crippen molar-refractivity contribution < 1.29 is 13.2 Å². The summed E-state index contributed by atoms with van der Waals surface area (Å²) >= 11 is 0. The molecule has 130 valence electrons. The lowest BCUT2D eigenvalue weighted by Crippen LogP contribution is -2.34. The first-order valence-electron chi connectivity index (χ1n) is 6.65. The fourth-order valence-corrected chi connectivity index (χ4v) is 2.04. The molecule has 0 amide bonds. The second-order valence-electron chi connectivity index (χ2n) is 4.84. The minimum Gasteiger partial charge on any atom is -0.492 e. The zero-order chi connectivity index (χ0) is 16.6. The zero-order valence-corrected chi connectivity index (χ0v) is 16.4. The third kappa shape index (κ3) is 10.8. The molecule has 0 heterocycles. The molecule has 0 spiro atoms. The van der Waals surface area contributed by atoms with E-state index in [2.05, 4.69) is 21.6 Å². The largest absolute Gasteiger partial charge is 0.492 e. The lowest BCUT2D eigenvalue weighted by molar-refractivity contribution is 0.322. The van der Waals surface area contributed by atoms with E-state index in [1.807, 2.05) is 6.92 Å². The molecule has 0 unspecified atom stereocenters. The predicted molar refractivity (Wildman–Crippen MR) is 105 cm³/mol. The Morgan fingerprint density at radius 3 is 2.74 bits per heavy atom. The highest BCUT2D eigenvalue weighted by Gasteiger charge is 2.03. The number of nitrogens with two attached hydrogens (primary N) is 1. The quantitative estimate of drug-likeness (QED) is 0.182. The lowest BCUT2D eigenvalue weighted by Gasteiger charge is -2.10. The van der Waals surface area contributed by atoms with Gasteiger partial charge in [0.25, 0.3) is 0 Å². The molecule has 1 rings (SSSR count). The maximum absolute atomic E-state index is 11.2. The van der Waals surface area contributed by atoms with Gasteiger partial charge in [-0.15, -0.1) is 24.0 Å². The number of nitrogens with one attached hydrogen (secondary N) is 2. The summed E-state index contributed by atoms with van der Waals surface area (Å²) in [6.45, 7) is 6.94. The van der Waals surface area contributed by atoms with Crippen LogP contribution in [-0.4, -0.2) is 40.3 Å². The maximum Gasteiger partial charge on any atom is 0.229 e. The number of anilines is 1. The summed E-state index contributed by atoms with van der Waals surface area (Å²) in [5.41, 5.74) is 7.04. The van der Waals surface area contributed by atoms with Crippen LogP contribution in [0.25, 0.3) is 0 Å². The molecule has 1 aromatic carbocycles. The number of nitrogens with zero attached hydrogens (tertiary/aromatic N) is 1. The van der Waals surface area contributed by atoms with Gasteiger partial charge in [-0.05, 0) is 19.1 Å². The van der Waals surface area contributed by atoms with Crippen LogP contribution in [0, 0.1) is 0 Å². The molecule has 23 heavy (non-hydrogen) atoms. The SMILES string of the molecule is C=C(C)CN=C(N)NCCOc1cccc(NS(C)(=O)=O)c1.I. The van der Waals surface area contributed by atoms with Crippen LogP contribution in [-0.2, 0) is 10.0 Å². The van der Waals surface area contributed by atoms with Gasteiger partial charge in [0.05, 0.1) is 25.0 Å². The molecule has 0 aliphatic heterocycles. The average molecular weight is 454 g/mol. The minimum atomic E-state index is -3.30. The van der Waals surface area contributed by atoms with Gasteiger partial charge >= 0.3 is 0 Å². The summed E-state index contributed by atoms with van der Waals surface area (Å²) in [4.78, 5) is 4.07. The summed E-state index contributed by atoms with van der Waals surface area (Å²) in [5.74, 6) is 0.895. The summed E-state index contributed by atoms with van der Waals surface area (Å²) in [6, 6.07) is 6.71. The Morgan fingerprint density at radius 1 is 1.43 bits per heavy atom. The van der Waals surface area contributed by atoms with Crippen LogP contribution in [0.2, 0.25) is 0 Å². The Labute approximate surface area is 154 Å². The highest BCUT2D eigenvalue weighted by molar-refractivity contribution is 14.0. The molecular weight excluding hydrogens is 431 g/mol. The van der Waals surface area contributed by atoms with Crippen molar-refractivity contribution in [3.8, 4) is 5.75 Å². The Kier molecular flexibility index (Phi) is 9.65. The van der Waals surface area contributed by atoms with E-state index in [-0.39, 0.29) is 24.0 Å².